The summed E-state index contributed by atoms with van der Waals surface area (Å²) in [5.74, 6) is -0.451. The van der Waals surface area contributed by atoms with Gasteiger partial charge < -0.3 is 10.1 Å². The minimum Gasteiger partial charge on any atom is -0.489 e. The van der Waals surface area contributed by atoms with Crippen molar-refractivity contribution in [2.75, 3.05) is 18.5 Å². The van der Waals surface area contributed by atoms with Crippen molar-refractivity contribution in [2.24, 2.45) is 0 Å². The molecule has 0 bridgehead atoms. The first-order valence-corrected chi connectivity index (χ1v) is 6.05. The van der Waals surface area contributed by atoms with Crippen LogP contribution in [0.3, 0.4) is 0 Å². The molecule has 0 spiro atoms. The standard InChI is InChI=1S/C15H15F2NO/c1-11-5-4-8-14(15(11)17)19-10-9-18-13-7-3-2-6-12(13)16/h2-8,18H,9-10H2,1H3. The largest absolute Gasteiger partial charge is 0.489 e. The number of hydrogen-bond donors (Lipinski definition) is 1. The Kier molecular flexibility index (Phi) is 4.34. The summed E-state index contributed by atoms with van der Waals surface area (Å²) in [5.41, 5.74) is 0.954. The van der Waals surface area contributed by atoms with Crippen molar-refractivity contribution in [3.63, 3.8) is 0 Å². The van der Waals surface area contributed by atoms with Gasteiger partial charge in [-0.2, -0.15) is 0 Å². The van der Waals surface area contributed by atoms with E-state index in [1.165, 1.54) is 6.07 Å². The summed E-state index contributed by atoms with van der Waals surface area (Å²) in [6, 6.07) is 11.4. The molecule has 2 aromatic carbocycles. The zero-order valence-corrected chi connectivity index (χ0v) is 10.6. The molecule has 0 fully saturated rings. The second-order valence-electron chi connectivity index (χ2n) is 4.14. The summed E-state index contributed by atoms with van der Waals surface area (Å²) in [6.45, 7) is 2.34. The van der Waals surface area contributed by atoms with Crippen molar-refractivity contribution in [1.29, 1.82) is 0 Å². The Morgan fingerprint density at radius 1 is 1.05 bits per heavy atom. The fourth-order valence-corrected chi connectivity index (χ4v) is 1.68. The first-order valence-electron chi connectivity index (χ1n) is 6.05. The van der Waals surface area contributed by atoms with Gasteiger partial charge in [0.2, 0.25) is 0 Å². The first kappa shape index (κ1) is 13.3. The maximum absolute atomic E-state index is 13.6. The number of benzene rings is 2. The van der Waals surface area contributed by atoms with Crippen molar-refractivity contribution in [2.45, 2.75) is 6.92 Å². The van der Waals surface area contributed by atoms with Gasteiger partial charge in [-0.25, -0.2) is 8.78 Å². The van der Waals surface area contributed by atoms with Gasteiger partial charge in [0.15, 0.2) is 11.6 Å². The molecule has 0 heterocycles. The minimum absolute atomic E-state index is 0.218. The lowest BCUT2D eigenvalue weighted by molar-refractivity contribution is 0.314. The van der Waals surface area contributed by atoms with Gasteiger partial charge >= 0.3 is 0 Å². The maximum Gasteiger partial charge on any atom is 0.167 e. The predicted octanol–water partition coefficient (Wildman–Crippen LogP) is 3.76. The highest BCUT2D eigenvalue weighted by Gasteiger charge is 2.05. The van der Waals surface area contributed by atoms with Crippen molar-refractivity contribution in [3.05, 3.63) is 59.7 Å². The molecule has 4 heteroatoms. The molecule has 0 saturated heterocycles. The van der Waals surface area contributed by atoms with Crippen molar-refractivity contribution in [1.82, 2.24) is 0 Å². The molecule has 2 rings (SSSR count). The lowest BCUT2D eigenvalue weighted by Crippen LogP contribution is -2.13. The average Bonchev–Trinajstić information content (AvgIpc) is 2.41. The summed E-state index contributed by atoms with van der Waals surface area (Å²) < 4.78 is 32.2. The molecule has 0 aliphatic heterocycles. The molecule has 0 aliphatic carbocycles. The third-order valence-electron chi connectivity index (χ3n) is 2.71. The first-order chi connectivity index (χ1) is 9.18. The Balaban J connectivity index is 1.84. The van der Waals surface area contributed by atoms with Crippen LogP contribution in [0.5, 0.6) is 5.75 Å². The normalized spacial score (nSPS) is 10.3. The highest BCUT2D eigenvalue weighted by molar-refractivity contribution is 5.44. The summed E-state index contributed by atoms with van der Waals surface area (Å²) in [6.07, 6.45) is 0. The molecule has 1 N–H and O–H groups in total. The number of ether oxygens (including phenoxy) is 1. The second-order valence-corrected chi connectivity index (χ2v) is 4.14. The van der Waals surface area contributed by atoms with E-state index in [2.05, 4.69) is 5.32 Å². The van der Waals surface area contributed by atoms with Gasteiger partial charge in [0, 0.05) is 6.54 Å². The molecule has 2 nitrogen and oxygen atoms in total. The Labute approximate surface area is 111 Å². The Hall–Kier alpha value is -2.10. The zero-order valence-electron chi connectivity index (χ0n) is 10.6. The van der Waals surface area contributed by atoms with Crippen LogP contribution in [0.15, 0.2) is 42.5 Å². The molecule has 0 aliphatic rings. The van der Waals surface area contributed by atoms with Gasteiger partial charge in [-0.1, -0.05) is 24.3 Å². The molecule has 0 amide bonds. The second kappa shape index (κ2) is 6.18. The number of rotatable bonds is 5. The van der Waals surface area contributed by atoms with Crippen molar-refractivity contribution in [3.8, 4) is 5.75 Å². The summed E-state index contributed by atoms with van der Waals surface area (Å²) in [4.78, 5) is 0. The van der Waals surface area contributed by atoms with Crippen LogP contribution in [-0.4, -0.2) is 13.2 Å². The van der Waals surface area contributed by atoms with E-state index < -0.39 is 0 Å². The SMILES string of the molecule is Cc1cccc(OCCNc2ccccc2F)c1F. The highest BCUT2D eigenvalue weighted by Crippen LogP contribution is 2.19. The van der Waals surface area contributed by atoms with Gasteiger partial charge in [-0.05, 0) is 30.7 Å². The van der Waals surface area contributed by atoms with E-state index in [4.69, 9.17) is 4.74 Å². The lowest BCUT2D eigenvalue weighted by Gasteiger charge is -2.10. The summed E-state index contributed by atoms with van der Waals surface area (Å²) in [5, 5.41) is 2.89. The number of para-hydroxylation sites is 1. The maximum atomic E-state index is 13.6. The molecule has 19 heavy (non-hydrogen) atoms. The highest BCUT2D eigenvalue weighted by atomic mass is 19.1. The van der Waals surface area contributed by atoms with Crippen molar-refractivity contribution >= 4 is 5.69 Å². The molecule has 0 saturated carbocycles. The van der Waals surface area contributed by atoms with Gasteiger partial charge in [0.25, 0.3) is 0 Å². The quantitative estimate of drug-likeness (QED) is 0.829. The summed E-state index contributed by atoms with van der Waals surface area (Å²) >= 11 is 0. The van der Waals surface area contributed by atoms with Gasteiger partial charge in [-0.15, -0.1) is 0 Å². The Morgan fingerprint density at radius 3 is 2.63 bits per heavy atom. The van der Waals surface area contributed by atoms with E-state index in [9.17, 15) is 8.78 Å². The number of halogens is 2. The van der Waals surface area contributed by atoms with E-state index >= 15 is 0 Å². The number of nitrogens with one attached hydrogen (secondary N) is 1. The van der Waals surface area contributed by atoms with Crippen LogP contribution in [0.25, 0.3) is 0 Å². The molecule has 0 radical (unpaired) electrons. The fraction of sp³-hybridized carbons (Fsp3) is 0.200. The Morgan fingerprint density at radius 2 is 1.84 bits per heavy atom. The number of aryl methyl sites for hydroxylation is 1. The molecule has 0 aromatic heterocycles. The van der Waals surface area contributed by atoms with E-state index in [1.54, 1.807) is 43.3 Å². The molecular formula is C15H15F2NO. The molecule has 0 atom stereocenters. The van der Waals surface area contributed by atoms with E-state index in [-0.39, 0.29) is 24.0 Å². The Bertz CT molecular complexity index is 558. The fourth-order valence-electron chi connectivity index (χ4n) is 1.68. The number of anilines is 1. The number of hydrogen-bond acceptors (Lipinski definition) is 2. The minimum atomic E-state index is -0.353. The smallest absolute Gasteiger partial charge is 0.167 e. The van der Waals surface area contributed by atoms with Crippen LogP contribution in [0.1, 0.15) is 5.56 Å². The average molecular weight is 263 g/mol. The van der Waals surface area contributed by atoms with Crippen LogP contribution < -0.4 is 10.1 Å². The predicted molar refractivity (Wildman–Crippen MR) is 71.5 cm³/mol. The van der Waals surface area contributed by atoms with Crippen LogP contribution in [0.2, 0.25) is 0 Å². The van der Waals surface area contributed by atoms with E-state index in [1.807, 2.05) is 0 Å². The van der Waals surface area contributed by atoms with Crippen LogP contribution >= 0.6 is 0 Å². The molecule has 100 valence electrons. The van der Waals surface area contributed by atoms with E-state index in [0.717, 1.165) is 0 Å². The zero-order chi connectivity index (χ0) is 13.7. The topological polar surface area (TPSA) is 21.3 Å². The van der Waals surface area contributed by atoms with Crippen LogP contribution in [0, 0.1) is 18.6 Å². The van der Waals surface area contributed by atoms with Gasteiger partial charge in [0.05, 0.1) is 5.69 Å². The molecule has 0 unspecified atom stereocenters. The molecular weight excluding hydrogens is 248 g/mol. The van der Waals surface area contributed by atoms with Crippen molar-refractivity contribution < 1.29 is 13.5 Å². The van der Waals surface area contributed by atoms with E-state index in [0.29, 0.717) is 17.8 Å². The van der Waals surface area contributed by atoms with Crippen LogP contribution in [-0.2, 0) is 0 Å². The lowest BCUT2D eigenvalue weighted by atomic mass is 10.2. The third-order valence-corrected chi connectivity index (χ3v) is 2.71. The summed E-state index contributed by atoms with van der Waals surface area (Å²) in [7, 11) is 0. The van der Waals surface area contributed by atoms with Gasteiger partial charge in [0.1, 0.15) is 12.4 Å². The third kappa shape index (κ3) is 3.44. The monoisotopic (exact) mass is 263 g/mol. The van der Waals surface area contributed by atoms with Gasteiger partial charge in [-0.3, -0.25) is 0 Å². The molecule has 2 aromatic rings. The van der Waals surface area contributed by atoms with Crippen LogP contribution in [0.4, 0.5) is 14.5 Å².